The lowest BCUT2D eigenvalue weighted by Gasteiger charge is -2.07. The van der Waals surface area contributed by atoms with Crippen LogP contribution in [0, 0.1) is 10.1 Å². The number of hydrogen-bond donors (Lipinski definition) is 1. The van der Waals surface area contributed by atoms with Crippen LogP contribution in [0.2, 0.25) is 5.02 Å². The number of halogens is 1. The largest absolute Gasteiger partial charge is 0.478 e. The third-order valence-electron chi connectivity index (χ3n) is 2.47. The van der Waals surface area contributed by atoms with Gasteiger partial charge in [0.05, 0.1) is 20.4 Å². The molecule has 0 unspecified atom stereocenters. The molecule has 0 spiro atoms. The highest BCUT2D eigenvalue weighted by atomic mass is 35.5. The summed E-state index contributed by atoms with van der Waals surface area (Å²) in [5.41, 5.74) is -0.133. The van der Waals surface area contributed by atoms with E-state index in [2.05, 4.69) is 0 Å². The number of carboxylic acids is 1. The van der Waals surface area contributed by atoms with E-state index in [4.69, 9.17) is 11.6 Å². The molecule has 5 nitrogen and oxygen atoms in total. The summed E-state index contributed by atoms with van der Waals surface area (Å²) in [5, 5.41) is 20.2. The summed E-state index contributed by atoms with van der Waals surface area (Å²) >= 11 is 6.87. The summed E-state index contributed by atoms with van der Waals surface area (Å²) in [5.74, 6) is -1.17. The van der Waals surface area contributed by atoms with Gasteiger partial charge < -0.3 is 5.11 Å². The van der Waals surface area contributed by atoms with Crippen LogP contribution < -0.4 is 0 Å². The maximum absolute atomic E-state index is 11.2. The van der Waals surface area contributed by atoms with E-state index in [1.165, 1.54) is 12.1 Å². The van der Waals surface area contributed by atoms with E-state index in [0.29, 0.717) is 9.79 Å². The summed E-state index contributed by atoms with van der Waals surface area (Å²) in [4.78, 5) is 22.4. The lowest BCUT2D eigenvalue weighted by molar-refractivity contribution is -0.387. The molecule has 0 amide bonds. The topological polar surface area (TPSA) is 80.4 Å². The highest BCUT2D eigenvalue weighted by Crippen LogP contribution is 2.38. The Hall–Kier alpha value is -2.05. The van der Waals surface area contributed by atoms with Gasteiger partial charge >= 0.3 is 5.97 Å². The number of carbonyl (C=O) groups is 1. The van der Waals surface area contributed by atoms with Gasteiger partial charge in [0, 0.05) is 11.0 Å². The minimum Gasteiger partial charge on any atom is -0.478 e. The van der Waals surface area contributed by atoms with Gasteiger partial charge in [0.2, 0.25) is 0 Å². The zero-order valence-corrected chi connectivity index (χ0v) is 11.5. The van der Waals surface area contributed by atoms with Gasteiger partial charge in [-0.05, 0) is 18.2 Å². The minimum atomic E-state index is -1.17. The first-order valence-corrected chi connectivity index (χ1v) is 6.63. The fourth-order valence-corrected chi connectivity index (χ4v) is 3.00. The van der Waals surface area contributed by atoms with Crippen LogP contribution >= 0.6 is 23.4 Å². The van der Waals surface area contributed by atoms with Gasteiger partial charge in [-0.15, -0.1) is 0 Å². The standard InChI is InChI=1S/C13H8ClNO4S/c14-8-4-3-7-11(12(8)13(16)17)20-10-6-2-1-5-9(10)15(18)19/h1-7H,(H,16,17). The van der Waals surface area contributed by atoms with Gasteiger partial charge in [0.25, 0.3) is 5.69 Å². The van der Waals surface area contributed by atoms with Gasteiger partial charge in [0.1, 0.15) is 0 Å². The van der Waals surface area contributed by atoms with Crippen molar-refractivity contribution in [2.45, 2.75) is 9.79 Å². The number of carboxylic acid groups (broad SMARTS) is 1. The Morgan fingerprint density at radius 3 is 2.45 bits per heavy atom. The number of nitro groups is 1. The smallest absolute Gasteiger partial charge is 0.338 e. The highest BCUT2D eigenvalue weighted by molar-refractivity contribution is 7.99. The van der Waals surface area contributed by atoms with Gasteiger partial charge in [-0.1, -0.05) is 41.6 Å². The lowest BCUT2D eigenvalue weighted by atomic mass is 10.2. The third kappa shape index (κ3) is 2.92. The van der Waals surface area contributed by atoms with Crippen molar-refractivity contribution in [3.05, 3.63) is 63.2 Å². The van der Waals surface area contributed by atoms with Crippen LogP contribution in [0.1, 0.15) is 10.4 Å². The fourth-order valence-electron chi connectivity index (χ4n) is 1.61. The van der Waals surface area contributed by atoms with E-state index < -0.39 is 10.9 Å². The molecule has 2 aromatic carbocycles. The van der Waals surface area contributed by atoms with Gasteiger partial charge in [-0.3, -0.25) is 10.1 Å². The molecule has 20 heavy (non-hydrogen) atoms. The number of rotatable bonds is 4. The van der Waals surface area contributed by atoms with Crippen LogP contribution in [-0.2, 0) is 0 Å². The first-order valence-electron chi connectivity index (χ1n) is 5.44. The second-order valence-corrected chi connectivity index (χ2v) is 5.24. The van der Waals surface area contributed by atoms with Gasteiger partial charge in [-0.25, -0.2) is 4.79 Å². The number of nitrogens with zero attached hydrogens (tertiary/aromatic N) is 1. The molecule has 0 saturated carbocycles. The van der Waals surface area contributed by atoms with Gasteiger partial charge in [0.15, 0.2) is 0 Å². The van der Waals surface area contributed by atoms with E-state index in [1.54, 1.807) is 30.3 Å². The summed E-state index contributed by atoms with van der Waals surface area (Å²) in [7, 11) is 0. The number of hydrogen-bond acceptors (Lipinski definition) is 4. The molecule has 0 saturated heterocycles. The second-order valence-electron chi connectivity index (χ2n) is 3.75. The van der Waals surface area contributed by atoms with Crippen molar-refractivity contribution in [3.8, 4) is 0 Å². The number of nitro benzene ring substituents is 1. The third-order valence-corrected chi connectivity index (χ3v) is 3.91. The highest BCUT2D eigenvalue weighted by Gasteiger charge is 2.19. The van der Waals surface area contributed by atoms with Crippen LogP contribution in [0.5, 0.6) is 0 Å². The van der Waals surface area contributed by atoms with Crippen molar-refractivity contribution in [2.24, 2.45) is 0 Å². The average Bonchev–Trinajstić information content (AvgIpc) is 2.38. The Bertz CT molecular complexity index is 690. The molecule has 0 heterocycles. The molecule has 0 atom stereocenters. The number of benzene rings is 2. The molecule has 0 bridgehead atoms. The summed E-state index contributed by atoms with van der Waals surface area (Å²) < 4.78 is 0. The van der Waals surface area contributed by atoms with Gasteiger partial charge in [-0.2, -0.15) is 0 Å². The van der Waals surface area contributed by atoms with Crippen molar-refractivity contribution in [1.29, 1.82) is 0 Å². The van der Waals surface area contributed by atoms with E-state index in [-0.39, 0.29) is 16.3 Å². The molecule has 0 aromatic heterocycles. The Labute approximate surface area is 123 Å². The molecule has 0 radical (unpaired) electrons. The molecular formula is C13H8ClNO4S. The SMILES string of the molecule is O=C(O)c1c(Cl)cccc1Sc1ccccc1[N+](=O)[O-]. The van der Waals surface area contributed by atoms with Crippen molar-refractivity contribution >= 4 is 35.0 Å². The molecule has 7 heteroatoms. The van der Waals surface area contributed by atoms with E-state index in [9.17, 15) is 20.0 Å². The Morgan fingerprint density at radius 1 is 1.15 bits per heavy atom. The number of para-hydroxylation sites is 1. The van der Waals surface area contributed by atoms with Crippen molar-refractivity contribution < 1.29 is 14.8 Å². The minimum absolute atomic E-state index is 0.0580. The van der Waals surface area contributed by atoms with Crippen LogP contribution in [-0.4, -0.2) is 16.0 Å². The molecule has 0 aliphatic rings. The zero-order valence-electron chi connectivity index (χ0n) is 9.95. The molecule has 2 rings (SSSR count). The summed E-state index contributed by atoms with van der Waals surface area (Å²) in [6, 6.07) is 10.8. The van der Waals surface area contributed by atoms with Crippen LogP contribution in [0.4, 0.5) is 5.69 Å². The van der Waals surface area contributed by atoms with E-state index in [0.717, 1.165) is 11.8 Å². The first-order chi connectivity index (χ1) is 9.50. The average molecular weight is 310 g/mol. The normalized spacial score (nSPS) is 10.2. The zero-order chi connectivity index (χ0) is 14.7. The predicted octanol–water partition coefficient (Wildman–Crippen LogP) is 4.10. The summed E-state index contributed by atoms with van der Waals surface area (Å²) in [6.45, 7) is 0. The molecule has 0 aliphatic heterocycles. The number of aromatic carboxylic acids is 1. The molecule has 1 N–H and O–H groups in total. The van der Waals surface area contributed by atoms with E-state index in [1.807, 2.05) is 0 Å². The Balaban J connectivity index is 2.49. The second kappa shape index (κ2) is 5.94. The Kier molecular flexibility index (Phi) is 4.26. The van der Waals surface area contributed by atoms with Crippen molar-refractivity contribution in [1.82, 2.24) is 0 Å². The van der Waals surface area contributed by atoms with Crippen LogP contribution in [0.15, 0.2) is 52.3 Å². The van der Waals surface area contributed by atoms with E-state index >= 15 is 0 Å². The summed E-state index contributed by atoms with van der Waals surface area (Å²) in [6.07, 6.45) is 0. The van der Waals surface area contributed by atoms with Crippen molar-refractivity contribution in [2.75, 3.05) is 0 Å². The fraction of sp³-hybridized carbons (Fsp3) is 0. The maximum atomic E-state index is 11.2. The van der Waals surface area contributed by atoms with Crippen LogP contribution in [0.25, 0.3) is 0 Å². The predicted molar refractivity (Wildman–Crippen MR) is 75.6 cm³/mol. The van der Waals surface area contributed by atoms with Crippen molar-refractivity contribution in [3.63, 3.8) is 0 Å². The molecule has 0 aliphatic carbocycles. The Morgan fingerprint density at radius 2 is 1.80 bits per heavy atom. The maximum Gasteiger partial charge on any atom is 0.338 e. The quantitative estimate of drug-likeness (QED) is 0.679. The monoisotopic (exact) mass is 309 g/mol. The molecule has 102 valence electrons. The molecule has 2 aromatic rings. The molecular weight excluding hydrogens is 302 g/mol. The first kappa shape index (κ1) is 14.4. The van der Waals surface area contributed by atoms with Crippen LogP contribution in [0.3, 0.4) is 0 Å². The molecule has 0 fully saturated rings. The lowest BCUT2D eigenvalue weighted by Crippen LogP contribution is -2.00.